The zero-order valence-corrected chi connectivity index (χ0v) is 16.8. The molecule has 0 radical (unpaired) electrons. The Bertz CT molecular complexity index is 833. The molecule has 0 saturated carbocycles. The Morgan fingerprint density at radius 2 is 1.72 bits per heavy atom. The molecular weight excluding hydrogens is 370 g/mol. The maximum absolute atomic E-state index is 12.5. The molecule has 9 nitrogen and oxygen atoms in total. The number of nitrogens with one attached hydrogen (secondary N) is 1. The fraction of sp³-hybridized carbons (Fsp3) is 0.500. The molecule has 154 valence electrons. The van der Waals surface area contributed by atoms with Crippen LogP contribution in [0.1, 0.15) is 11.4 Å². The highest BCUT2D eigenvalue weighted by molar-refractivity contribution is 5.74. The number of ether oxygens (including phenoxy) is 1. The van der Waals surface area contributed by atoms with Gasteiger partial charge in [0.05, 0.1) is 25.5 Å². The number of morpholine rings is 1. The Kier molecular flexibility index (Phi) is 6.04. The second-order valence-corrected chi connectivity index (χ2v) is 7.24. The van der Waals surface area contributed by atoms with Gasteiger partial charge in [-0.1, -0.05) is 6.07 Å². The van der Waals surface area contributed by atoms with Gasteiger partial charge in [-0.25, -0.2) is 14.8 Å². The summed E-state index contributed by atoms with van der Waals surface area (Å²) in [6.07, 6.45) is 1.62. The highest BCUT2D eigenvalue weighted by Gasteiger charge is 2.23. The molecule has 4 rings (SSSR count). The molecule has 2 fully saturated rings. The number of hydrogen-bond acceptors (Lipinski definition) is 7. The van der Waals surface area contributed by atoms with Crippen LogP contribution in [-0.2, 0) is 11.3 Å². The van der Waals surface area contributed by atoms with Crippen molar-refractivity contribution in [3.05, 3.63) is 42.0 Å². The van der Waals surface area contributed by atoms with E-state index in [1.807, 2.05) is 36.1 Å². The Labute approximate surface area is 170 Å². The molecular formula is C20H27N7O2. The van der Waals surface area contributed by atoms with Gasteiger partial charge in [0.2, 0.25) is 0 Å². The van der Waals surface area contributed by atoms with Crippen LogP contribution in [0.15, 0.2) is 30.6 Å². The van der Waals surface area contributed by atoms with Gasteiger partial charge in [-0.3, -0.25) is 4.98 Å². The van der Waals surface area contributed by atoms with Crippen LogP contribution in [-0.4, -0.2) is 78.4 Å². The van der Waals surface area contributed by atoms with Gasteiger partial charge in [-0.2, -0.15) is 0 Å². The number of aromatic nitrogens is 3. The van der Waals surface area contributed by atoms with Gasteiger partial charge in [0.15, 0.2) is 0 Å². The number of urea groups is 1. The van der Waals surface area contributed by atoms with Gasteiger partial charge in [0.1, 0.15) is 18.0 Å². The average molecular weight is 397 g/mol. The SMILES string of the molecule is Cc1cccc(CNC(=O)N2CCN(c3cc(N4CCOCC4)ncn3)CC2)n1. The van der Waals surface area contributed by atoms with Crippen molar-refractivity contribution in [1.82, 2.24) is 25.2 Å². The first kappa shape index (κ1) is 19.4. The molecule has 0 aromatic carbocycles. The fourth-order valence-electron chi connectivity index (χ4n) is 3.59. The quantitative estimate of drug-likeness (QED) is 0.825. The first-order valence-corrected chi connectivity index (χ1v) is 10.0. The first-order chi connectivity index (χ1) is 14.2. The number of aryl methyl sites for hydroxylation is 1. The molecule has 1 N–H and O–H groups in total. The van der Waals surface area contributed by atoms with E-state index in [4.69, 9.17) is 4.74 Å². The Balaban J connectivity index is 1.29. The normalized spacial score (nSPS) is 17.3. The highest BCUT2D eigenvalue weighted by Crippen LogP contribution is 2.19. The van der Waals surface area contributed by atoms with Crippen molar-refractivity contribution in [1.29, 1.82) is 0 Å². The lowest BCUT2D eigenvalue weighted by atomic mass is 10.3. The van der Waals surface area contributed by atoms with Gasteiger partial charge in [-0.15, -0.1) is 0 Å². The number of carbonyl (C=O) groups excluding carboxylic acids is 1. The molecule has 2 amide bonds. The summed E-state index contributed by atoms with van der Waals surface area (Å²) in [5.74, 6) is 1.84. The summed E-state index contributed by atoms with van der Waals surface area (Å²) in [5, 5.41) is 2.96. The molecule has 2 aromatic rings. The Morgan fingerprint density at radius 1 is 1.03 bits per heavy atom. The number of pyridine rings is 1. The summed E-state index contributed by atoms with van der Waals surface area (Å²) in [4.78, 5) is 32.0. The van der Waals surface area contributed by atoms with Crippen LogP contribution in [0.2, 0.25) is 0 Å². The number of anilines is 2. The van der Waals surface area contributed by atoms with Crippen LogP contribution in [0, 0.1) is 6.92 Å². The topological polar surface area (TPSA) is 86.7 Å². The number of hydrogen-bond donors (Lipinski definition) is 1. The molecule has 0 atom stereocenters. The van der Waals surface area contributed by atoms with E-state index in [1.165, 1.54) is 0 Å². The molecule has 4 heterocycles. The molecule has 0 aliphatic carbocycles. The molecule has 29 heavy (non-hydrogen) atoms. The third kappa shape index (κ3) is 4.92. The number of rotatable bonds is 4. The summed E-state index contributed by atoms with van der Waals surface area (Å²) in [7, 11) is 0. The molecule has 2 saturated heterocycles. The number of nitrogens with zero attached hydrogens (tertiary/aromatic N) is 6. The fourth-order valence-corrected chi connectivity index (χ4v) is 3.59. The zero-order chi connectivity index (χ0) is 20.1. The van der Waals surface area contributed by atoms with E-state index in [2.05, 4.69) is 30.1 Å². The maximum Gasteiger partial charge on any atom is 0.317 e. The standard InChI is InChI=1S/C20H27N7O2/c1-16-3-2-4-17(24-16)14-21-20(28)27-7-5-25(6-8-27)18-13-19(23-15-22-18)26-9-11-29-12-10-26/h2-4,13,15H,5-12,14H2,1H3,(H,21,28). The smallest absolute Gasteiger partial charge is 0.317 e. The van der Waals surface area contributed by atoms with E-state index >= 15 is 0 Å². The van der Waals surface area contributed by atoms with Gasteiger partial charge in [0, 0.05) is 51.0 Å². The highest BCUT2D eigenvalue weighted by atomic mass is 16.5. The van der Waals surface area contributed by atoms with Crippen LogP contribution in [0.5, 0.6) is 0 Å². The van der Waals surface area contributed by atoms with Crippen molar-refractivity contribution in [3.8, 4) is 0 Å². The lowest BCUT2D eigenvalue weighted by Crippen LogP contribution is -2.52. The van der Waals surface area contributed by atoms with E-state index in [0.29, 0.717) is 19.6 Å². The minimum atomic E-state index is -0.0513. The van der Waals surface area contributed by atoms with Crippen LogP contribution < -0.4 is 15.1 Å². The van der Waals surface area contributed by atoms with Crippen molar-refractivity contribution >= 4 is 17.7 Å². The van der Waals surface area contributed by atoms with Gasteiger partial charge in [0.25, 0.3) is 0 Å². The predicted molar refractivity (Wildman–Crippen MR) is 110 cm³/mol. The molecule has 2 aromatic heterocycles. The van der Waals surface area contributed by atoms with Crippen molar-refractivity contribution < 1.29 is 9.53 Å². The van der Waals surface area contributed by atoms with Crippen LogP contribution >= 0.6 is 0 Å². The number of amides is 2. The third-order valence-corrected chi connectivity index (χ3v) is 5.23. The van der Waals surface area contributed by atoms with Crippen molar-refractivity contribution in [2.75, 3.05) is 62.3 Å². The average Bonchev–Trinajstić information content (AvgIpc) is 2.78. The second-order valence-electron chi connectivity index (χ2n) is 7.24. The minimum Gasteiger partial charge on any atom is -0.378 e. The van der Waals surface area contributed by atoms with E-state index in [9.17, 15) is 4.79 Å². The van der Waals surface area contributed by atoms with Crippen molar-refractivity contribution in [2.24, 2.45) is 0 Å². The van der Waals surface area contributed by atoms with Gasteiger partial charge < -0.3 is 24.8 Å². The number of piperazine rings is 1. The first-order valence-electron chi connectivity index (χ1n) is 10.0. The largest absolute Gasteiger partial charge is 0.378 e. The number of carbonyl (C=O) groups is 1. The monoisotopic (exact) mass is 397 g/mol. The molecule has 0 spiro atoms. The lowest BCUT2D eigenvalue weighted by Gasteiger charge is -2.35. The van der Waals surface area contributed by atoms with Crippen LogP contribution in [0.25, 0.3) is 0 Å². The zero-order valence-electron chi connectivity index (χ0n) is 16.8. The van der Waals surface area contributed by atoms with Gasteiger partial charge >= 0.3 is 6.03 Å². The summed E-state index contributed by atoms with van der Waals surface area (Å²) in [6, 6.07) is 7.80. The van der Waals surface area contributed by atoms with Crippen molar-refractivity contribution in [3.63, 3.8) is 0 Å². The van der Waals surface area contributed by atoms with Crippen LogP contribution in [0.3, 0.4) is 0 Å². The maximum atomic E-state index is 12.5. The van der Waals surface area contributed by atoms with E-state index < -0.39 is 0 Å². The van der Waals surface area contributed by atoms with E-state index in [1.54, 1.807) is 6.33 Å². The third-order valence-electron chi connectivity index (χ3n) is 5.23. The lowest BCUT2D eigenvalue weighted by molar-refractivity contribution is 0.122. The van der Waals surface area contributed by atoms with Crippen LogP contribution in [0.4, 0.5) is 16.4 Å². The van der Waals surface area contributed by atoms with E-state index in [0.717, 1.165) is 62.4 Å². The predicted octanol–water partition coefficient (Wildman–Crippen LogP) is 1.05. The van der Waals surface area contributed by atoms with Gasteiger partial charge in [-0.05, 0) is 19.1 Å². The molecule has 9 heteroatoms. The Morgan fingerprint density at radius 3 is 2.41 bits per heavy atom. The van der Waals surface area contributed by atoms with E-state index in [-0.39, 0.29) is 6.03 Å². The Hall–Kier alpha value is -2.94. The molecule has 2 aliphatic rings. The summed E-state index contributed by atoms with van der Waals surface area (Å²) < 4.78 is 5.41. The minimum absolute atomic E-state index is 0.0513. The summed E-state index contributed by atoms with van der Waals surface area (Å²) in [5.41, 5.74) is 1.82. The molecule has 0 bridgehead atoms. The summed E-state index contributed by atoms with van der Waals surface area (Å²) in [6.45, 7) is 8.34. The van der Waals surface area contributed by atoms with Crippen molar-refractivity contribution in [2.45, 2.75) is 13.5 Å². The molecule has 2 aliphatic heterocycles. The molecule has 0 unspecified atom stereocenters. The second kappa shape index (κ2) is 9.04. The summed E-state index contributed by atoms with van der Waals surface area (Å²) >= 11 is 0.